The van der Waals surface area contributed by atoms with E-state index in [9.17, 15) is 5.11 Å². The molecular weight excluding hydrogens is 258 g/mol. The summed E-state index contributed by atoms with van der Waals surface area (Å²) < 4.78 is 0. The molecule has 0 aliphatic rings. The average molecular weight is 276 g/mol. The zero-order valence-corrected chi connectivity index (χ0v) is 11.9. The third kappa shape index (κ3) is 3.49. The lowest BCUT2D eigenvalue weighted by Gasteiger charge is -2.16. The first-order chi connectivity index (χ1) is 9.08. The molecule has 3 heteroatoms. The van der Waals surface area contributed by atoms with Gasteiger partial charge in [0.25, 0.3) is 0 Å². The molecule has 0 heterocycles. The first-order valence-corrected chi connectivity index (χ1v) is 6.72. The predicted octanol–water partition coefficient (Wildman–Crippen LogP) is 4.20. The van der Waals surface area contributed by atoms with Crippen LogP contribution in [0.3, 0.4) is 0 Å². The Balaban J connectivity index is 2.07. The van der Waals surface area contributed by atoms with Gasteiger partial charge < -0.3 is 10.4 Å². The smallest absolute Gasteiger partial charge is 0.120 e. The summed E-state index contributed by atoms with van der Waals surface area (Å²) in [5.74, 6) is 0.324. The van der Waals surface area contributed by atoms with E-state index >= 15 is 0 Å². The van der Waals surface area contributed by atoms with Crippen molar-refractivity contribution >= 4 is 11.6 Å². The molecule has 1 unspecified atom stereocenters. The highest BCUT2D eigenvalue weighted by Crippen LogP contribution is 2.25. The Kier molecular flexibility index (Phi) is 4.46. The normalized spacial score (nSPS) is 12.4. The van der Waals surface area contributed by atoms with Gasteiger partial charge in [-0.05, 0) is 31.5 Å². The van der Waals surface area contributed by atoms with Crippen LogP contribution in [0.1, 0.15) is 29.7 Å². The van der Waals surface area contributed by atoms with E-state index in [1.807, 2.05) is 50.2 Å². The van der Waals surface area contributed by atoms with Crippen molar-refractivity contribution in [2.75, 3.05) is 0 Å². The van der Waals surface area contributed by atoms with E-state index in [0.29, 0.717) is 12.3 Å². The zero-order chi connectivity index (χ0) is 13.8. The van der Waals surface area contributed by atoms with Crippen LogP contribution in [-0.4, -0.2) is 5.11 Å². The highest BCUT2D eigenvalue weighted by Gasteiger charge is 2.10. The quantitative estimate of drug-likeness (QED) is 0.876. The van der Waals surface area contributed by atoms with Crippen molar-refractivity contribution in [2.45, 2.75) is 26.4 Å². The molecule has 0 amide bonds. The molecule has 2 N–H and O–H groups in total. The first-order valence-electron chi connectivity index (χ1n) is 6.34. The number of hydrogen-bond donors (Lipinski definition) is 2. The summed E-state index contributed by atoms with van der Waals surface area (Å²) in [5.41, 5.74) is 3.11. The van der Waals surface area contributed by atoms with Gasteiger partial charge in [0, 0.05) is 23.2 Å². The van der Waals surface area contributed by atoms with Gasteiger partial charge in [-0.15, -0.1) is 0 Å². The Hall–Kier alpha value is -1.51. The molecule has 0 aliphatic carbocycles. The van der Waals surface area contributed by atoms with Gasteiger partial charge in [0.2, 0.25) is 0 Å². The maximum Gasteiger partial charge on any atom is 0.120 e. The third-order valence-corrected chi connectivity index (χ3v) is 3.57. The number of aromatic hydroxyl groups is 1. The Morgan fingerprint density at radius 2 is 1.95 bits per heavy atom. The molecule has 0 fully saturated rings. The molecule has 2 nitrogen and oxygen atoms in total. The molecule has 1 atom stereocenters. The molecular formula is C16H18ClNO. The van der Waals surface area contributed by atoms with Crippen molar-refractivity contribution < 1.29 is 5.11 Å². The van der Waals surface area contributed by atoms with Gasteiger partial charge in [-0.1, -0.05) is 47.5 Å². The maximum absolute atomic E-state index is 9.89. The van der Waals surface area contributed by atoms with Gasteiger partial charge in [-0.25, -0.2) is 0 Å². The minimum atomic E-state index is 0.0659. The maximum atomic E-state index is 9.89. The van der Waals surface area contributed by atoms with Crippen LogP contribution in [0.5, 0.6) is 5.75 Å². The Labute approximate surface area is 119 Å². The van der Waals surface area contributed by atoms with E-state index in [4.69, 9.17) is 11.6 Å². The highest BCUT2D eigenvalue weighted by molar-refractivity contribution is 6.31. The lowest BCUT2D eigenvalue weighted by Crippen LogP contribution is -2.18. The standard InChI is InChI=1S/C16H18ClNO/c1-11-7-8-16(19)14(9-11)12(2)18-10-13-5-3-4-6-15(13)17/h3-9,12,18-19H,10H2,1-2H3. The number of rotatable bonds is 4. The largest absolute Gasteiger partial charge is 0.508 e. The summed E-state index contributed by atoms with van der Waals surface area (Å²) in [6, 6.07) is 13.5. The van der Waals surface area contributed by atoms with E-state index in [-0.39, 0.29) is 6.04 Å². The van der Waals surface area contributed by atoms with Crippen LogP contribution in [0.25, 0.3) is 0 Å². The van der Waals surface area contributed by atoms with Crippen molar-refractivity contribution in [2.24, 2.45) is 0 Å². The van der Waals surface area contributed by atoms with Crippen LogP contribution in [0.2, 0.25) is 5.02 Å². The summed E-state index contributed by atoms with van der Waals surface area (Å²) in [6.45, 7) is 4.73. The molecule has 0 saturated heterocycles. The second-order valence-electron chi connectivity index (χ2n) is 4.76. The summed E-state index contributed by atoms with van der Waals surface area (Å²) in [4.78, 5) is 0. The summed E-state index contributed by atoms with van der Waals surface area (Å²) in [6.07, 6.45) is 0. The van der Waals surface area contributed by atoms with E-state index < -0.39 is 0 Å². The molecule has 0 spiro atoms. The van der Waals surface area contributed by atoms with E-state index in [1.54, 1.807) is 6.07 Å². The fourth-order valence-corrected chi connectivity index (χ4v) is 2.24. The lowest BCUT2D eigenvalue weighted by molar-refractivity contribution is 0.452. The van der Waals surface area contributed by atoms with Crippen molar-refractivity contribution in [1.29, 1.82) is 0 Å². The number of benzene rings is 2. The second-order valence-corrected chi connectivity index (χ2v) is 5.16. The molecule has 2 aromatic rings. The molecule has 0 saturated carbocycles. The number of halogens is 1. The van der Waals surface area contributed by atoms with E-state index in [0.717, 1.165) is 21.7 Å². The second kappa shape index (κ2) is 6.09. The predicted molar refractivity (Wildman–Crippen MR) is 79.6 cm³/mol. The molecule has 0 aromatic heterocycles. The van der Waals surface area contributed by atoms with Crippen molar-refractivity contribution in [3.8, 4) is 5.75 Å². The van der Waals surface area contributed by atoms with Crippen molar-refractivity contribution in [3.05, 3.63) is 64.2 Å². The molecule has 19 heavy (non-hydrogen) atoms. The van der Waals surface area contributed by atoms with Crippen LogP contribution < -0.4 is 5.32 Å². The molecule has 0 bridgehead atoms. The monoisotopic (exact) mass is 275 g/mol. The summed E-state index contributed by atoms with van der Waals surface area (Å²) >= 11 is 6.12. The van der Waals surface area contributed by atoms with Gasteiger partial charge >= 0.3 is 0 Å². The van der Waals surface area contributed by atoms with E-state index in [2.05, 4.69) is 5.32 Å². The van der Waals surface area contributed by atoms with Gasteiger partial charge in [0.15, 0.2) is 0 Å². The van der Waals surface area contributed by atoms with E-state index in [1.165, 1.54) is 0 Å². The number of phenols is 1. The molecule has 2 rings (SSSR count). The van der Waals surface area contributed by atoms with Crippen LogP contribution in [0.4, 0.5) is 0 Å². The number of hydrogen-bond acceptors (Lipinski definition) is 2. The SMILES string of the molecule is Cc1ccc(O)c(C(C)NCc2ccccc2Cl)c1. The Morgan fingerprint density at radius 1 is 1.21 bits per heavy atom. The van der Waals surface area contributed by atoms with Gasteiger partial charge in [-0.3, -0.25) is 0 Å². The van der Waals surface area contributed by atoms with Gasteiger partial charge in [-0.2, -0.15) is 0 Å². The minimum absolute atomic E-state index is 0.0659. The number of nitrogens with one attached hydrogen (secondary N) is 1. The van der Waals surface area contributed by atoms with Crippen molar-refractivity contribution in [3.63, 3.8) is 0 Å². The van der Waals surface area contributed by atoms with Crippen LogP contribution in [0, 0.1) is 6.92 Å². The average Bonchev–Trinajstić information content (AvgIpc) is 2.40. The third-order valence-electron chi connectivity index (χ3n) is 3.21. The first kappa shape index (κ1) is 13.9. The van der Waals surface area contributed by atoms with Crippen LogP contribution in [-0.2, 0) is 6.54 Å². The molecule has 100 valence electrons. The minimum Gasteiger partial charge on any atom is -0.508 e. The molecule has 0 aliphatic heterocycles. The summed E-state index contributed by atoms with van der Waals surface area (Å²) in [5, 5.41) is 14.0. The van der Waals surface area contributed by atoms with Gasteiger partial charge in [0.1, 0.15) is 5.75 Å². The lowest BCUT2D eigenvalue weighted by atomic mass is 10.0. The fraction of sp³-hybridized carbons (Fsp3) is 0.250. The molecule has 0 radical (unpaired) electrons. The van der Waals surface area contributed by atoms with Gasteiger partial charge in [0.05, 0.1) is 0 Å². The van der Waals surface area contributed by atoms with Crippen LogP contribution >= 0.6 is 11.6 Å². The van der Waals surface area contributed by atoms with Crippen molar-refractivity contribution in [1.82, 2.24) is 5.32 Å². The van der Waals surface area contributed by atoms with Crippen LogP contribution in [0.15, 0.2) is 42.5 Å². The number of aryl methyl sites for hydroxylation is 1. The Morgan fingerprint density at radius 3 is 2.68 bits per heavy atom. The number of phenolic OH excluding ortho intramolecular Hbond substituents is 1. The fourth-order valence-electron chi connectivity index (χ4n) is 2.04. The molecule has 2 aromatic carbocycles. The highest BCUT2D eigenvalue weighted by atomic mass is 35.5. The topological polar surface area (TPSA) is 32.3 Å². The summed E-state index contributed by atoms with van der Waals surface area (Å²) in [7, 11) is 0. The Bertz CT molecular complexity index is 568. The zero-order valence-electron chi connectivity index (χ0n) is 11.2.